The first-order valence-electron chi connectivity index (χ1n) is 11.2. The number of nitrogens with zero attached hydrogens (tertiary/aromatic N) is 1. The smallest absolute Gasteiger partial charge is 0.335 e. The second-order valence-corrected chi connectivity index (χ2v) is 8.37. The van der Waals surface area contributed by atoms with Gasteiger partial charge in [0.25, 0.3) is 11.7 Å². The summed E-state index contributed by atoms with van der Waals surface area (Å²) in [4.78, 5) is 39.2. The van der Waals surface area contributed by atoms with Gasteiger partial charge in [0.2, 0.25) is 0 Å². The number of hydrogen-bond acceptors (Lipinski definition) is 6. The van der Waals surface area contributed by atoms with Gasteiger partial charge in [-0.2, -0.15) is 0 Å². The van der Waals surface area contributed by atoms with Gasteiger partial charge in [-0.25, -0.2) is 4.79 Å². The molecule has 3 aromatic rings. The lowest BCUT2D eigenvalue weighted by molar-refractivity contribution is -0.140. The van der Waals surface area contributed by atoms with Crippen molar-refractivity contribution in [3.05, 3.63) is 100 Å². The summed E-state index contributed by atoms with van der Waals surface area (Å²) in [6.45, 7) is 1.85. The standard InChI is InChI=1S/C28H25NO7/c1-16-8-13-22(36-3)20(14-16)25(30)23-24(19-6-4-5-7-21(19)35-2)29(27(32)26(23)31)15-17-9-11-18(12-10-17)28(33)34/h4-14,24,30H,15H2,1-3H3,(H,33,34)/b25-23+. The molecule has 1 heterocycles. The lowest BCUT2D eigenvalue weighted by Gasteiger charge is -2.27. The number of rotatable bonds is 7. The normalized spacial score (nSPS) is 16.8. The van der Waals surface area contributed by atoms with Gasteiger partial charge in [0.15, 0.2) is 0 Å². The molecule has 0 bridgehead atoms. The van der Waals surface area contributed by atoms with E-state index in [0.29, 0.717) is 28.2 Å². The molecule has 1 atom stereocenters. The van der Waals surface area contributed by atoms with Gasteiger partial charge in [-0.15, -0.1) is 0 Å². The van der Waals surface area contributed by atoms with E-state index in [1.807, 2.05) is 13.0 Å². The summed E-state index contributed by atoms with van der Waals surface area (Å²) in [5.74, 6) is -2.25. The van der Waals surface area contributed by atoms with Crippen molar-refractivity contribution in [2.75, 3.05) is 14.2 Å². The van der Waals surface area contributed by atoms with E-state index in [1.165, 1.54) is 31.3 Å². The van der Waals surface area contributed by atoms with Crippen LogP contribution in [0.25, 0.3) is 5.76 Å². The summed E-state index contributed by atoms with van der Waals surface area (Å²) in [5, 5.41) is 20.6. The van der Waals surface area contributed by atoms with Crippen molar-refractivity contribution in [3.63, 3.8) is 0 Å². The van der Waals surface area contributed by atoms with Crippen LogP contribution in [0.2, 0.25) is 0 Å². The van der Waals surface area contributed by atoms with Crippen molar-refractivity contribution < 1.29 is 34.1 Å². The van der Waals surface area contributed by atoms with E-state index in [-0.39, 0.29) is 23.4 Å². The number of likely N-dealkylation sites (tertiary alicyclic amines) is 1. The molecule has 0 aliphatic carbocycles. The average molecular weight is 488 g/mol. The molecular formula is C28H25NO7. The minimum atomic E-state index is -1.07. The lowest BCUT2D eigenvalue weighted by atomic mass is 9.93. The number of Topliss-reactive ketones (excluding diaryl/α,β-unsaturated/α-hetero) is 1. The molecule has 184 valence electrons. The van der Waals surface area contributed by atoms with Crippen LogP contribution in [0.15, 0.2) is 72.3 Å². The quantitative estimate of drug-likeness (QED) is 0.290. The third kappa shape index (κ3) is 4.40. The molecular weight excluding hydrogens is 462 g/mol. The number of carbonyl (C=O) groups excluding carboxylic acids is 2. The molecule has 8 heteroatoms. The maximum atomic E-state index is 13.4. The maximum absolute atomic E-state index is 13.4. The Morgan fingerprint density at radius 1 is 0.917 bits per heavy atom. The molecule has 0 radical (unpaired) electrons. The van der Waals surface area contributed by atoms with Gasteiger partial charge in [-0.1, -0.05) is 42.0 Å². The summed E-state index contributed by atoms with van der Waals surface area (Å²) >= 11 is 0. The number of hydrogen-bond donors (Lipinski definition) is 2. The summed E-state index contributed by atoms with van der Waals surface area (Å²) in [6, 6.07) is 17.2. The van der Waals surface area contributed by atoms with Crippen LogP contribution >= 0.6 is 0 Å². The number of benzene rings is 3. The first-order valence-corrected chi connectivity index (χ1v) is 11.2. The topological polar surface area (TPSA) is 113 Å². The highest BCUT2D eigenvalue weighted by atomic mass is 16.5. The van der Waals surface area contributed by atoms with Gasteiger partial charge in [0, 0.05) is 12.1 Å². The average Bonchev–Trinajstić information content (AvgIpc) is 3.13. The van der Waals surface area contributed by atoms with Crippen LogP contribution in [-0.2, 0) is 16.1 Å². The number of aromatic carboxylic acids is 1. The number of carbonyl (C=O) groups is 3. The van der Waals surface area contributed by atoms with Gasteiger partial charge < -0.3 is 24.6 Å². The van der Waals surface area contributed by atoms with E-state index in [9.17, 15) is 24.6 Å². The number of carboxylic acid groups (broad SMARTS) is 1. The third-order valence-corrected chi connectivity index (χ3v) is 6.14. The Morgan fingerprint density at radius 2 is 1.58 bits per heavy atom. The fourth-order valence-electron chi connectivity index (χ4n) is 4.36. The first-order chi connectivity index (χ1) is 17.3. The molecule has 1 fully saturated rings. The van der Waals surface area contributed by atoms with E-state index in [4.69, 9.17) is 9.47 Å². The summed E-state index contributed by atoms with van der Waals surface area (Å²) in [7, 11) is 2.94. The summed E-state index contributed by atoms with van der Waals surface area (Å²) < 4.78 is 10.9. The minimum absolute atomic E-state index is 0.00885. The van der Waals surface area contributed by atoms with Crippen molar-refractivity contribution in [3.8, 4) is 11.5 Å². The largest absolute Gasteiger partial charge is 0.507 e. The minimum Gasteiger partial charge on any atom is -0.507 e. The zero-order valence-corrected chi connectivity index (χ0v) is 20.0. The van der Waals surface area contributed by atoms with Gasteiger partial charge in [-0.05, 0) is 42.8 Å². The summed E-state index contributed by atoms with van der Waals surface area (Å²) in [5.41, 5.74) is 2.29. The number of carboxylic acids is 1. The van der Waals surface area contributed by atoms with Crippen LogP contribution in [-0.4, -0.2) is 47.0 Å². The van der Waals surface area contributed by atoms with Crippen molar-refractivity contribution >= 4 is 23.4 Å². The molecule has 0 saturated carbocycles. The molecule has 1 aliphatic heterocycles. The number of aliphatic hydroxyl groups is 1. The van der Waals surface area contributed by atoms with Crippen molar-refractivity contribution in [2.45, 2.75) is 19.5 Å². The first kappa shape index (κ1) is 24.5. The van der Waals surface area contributed by atoms with Crippen LogP contribution < -0.4 is 9.47 Å². The Balaban J connectivity index is 1.90. The van der Waals surface area contributed by atoms with Crippen LogP contribution in [0.4, 0.5) is 0 Å². The Bertz CT molecular complexity index is 1370. The van der Waals surface area contributed by atoms with E-state index < -0.39 is 23.7 Å². The van der Waals surface area contributed by atoms with Gasteiger partial charge in [0.1, 0.15) is 17.3 Å². The Morgan fingerprint density at radius 3 is 2.22 bits per heavy atom. The number of methoxy groups -OCH3 is 2. The third-order valence-electron chi connectivity index (χ3n) is 6.14. The monoisotopic (exact) mass is 487 g/mol. The molecule has 1 saturated heterocycles. The fourth-order valence-corrected chi connectivity index (χ4v) is 4.36. The second kappa shape index (κ2) is 9.95. The zero-order valence-electron chi connectivity index (χ0n) is 20.0. The van der Waals surface area contributed by atoms with E-state index in [2.05, 4.69) is 0 Å². The van der Waals surface area contributed by atoms with Crippen molar-refractivity contribution in [1.29, 1.82) is 0 Å². The van der Waals surface area contributed by atoms with Crippen LogP contribution in [0, 0.1) is 6.92 Å². The fraction of sp³-hybridized carbons (Fsp3) is 0.179. The van der Waals surface area contributed by atoms with Crippen molar-refractivity contribution in [1.82, 2.24) is 4.90 Å². The maximum Gasteiger partial charge on any atom is 0.335 e. The number of aryl methyl sites for hydroxylation is 1. The highest BCUT2D eigenvalue weighted by molar-refractivity contribution is 6.46. The predicted molar refractivity (Wildman–Crippen MR) is 132 cm³/mol. The molecule has 3 aromatic carbocycles. The molecule has 0 aromatic heterocycles. The highest BCUT2D eigenvalue weighted by Crippen LogP contribution is 2.44. The molecule has 1 aliphatic rings. The van der Waals surface area contributed by atoms with Gasteiger partial charge >= 0.3 is 5.97 Å². The lowest BCUT2D eigenvalue weighted by Crippen LogP contribution is -2.29. The van der Waals surface area contributed by atoms with Crippen molar-refractivity contribution in [2.24, 2.45) is 0 Å². The SMILES string of the molecule is COc1ccc(C)cc1/C(O)=C1\C(=O)C(=O)N(Cc2ccc(C(=O)O)cc2)C1c1ccccc1OC. The number of ketones is 1. The number of ether oxygens (including phenoxy) is 2. The molecule has 1 amide bonds. The molecule has 0 spiro atoms. The molecule has 2 N–H and O–H groups in total. The van der Waals surface area contributed by atoms with E-state index in [1.54, 1.807) is 48.5 Å². The molecule has 36 heavy (non-hydrogen) atoms. The van der Waals surface area contributed by atoms with E-state index in [0.717, 1.165) is 5.56 Å². The number of amides is 1. The zero-order chi connectivity index (χ0) is 26.0. The molecule has 4 rings (SSSR count). The Labute approximate surface area is 208 Å². The van der Waals surface area contributed by atoms with Gasteiger partial charge in [0.05, 0.1) is 37.0 Å². The number of para-hydroxylation sites is 1. The Hall–Kier alpha value is -4.59. The molecule has 8 nitrogen and oxygen atoms in total. The Kier molecular flexibility index (Phi) is 6.78. The predicted octanol–water partition coefficient (Wildman–Crippen LogP) is 4.33. The van der Waals surface area contributed by atoms with Gasteiger partial charge in [-0.3, -0.25) is 9.59 Å². The van der Waals surface area contributed by atoms with Crippen LogP contribution in [0.1, 0.15) is 38.7 Å². The molecule has 1 unspecified atom stereocenters. The van der Waals surface area contributed by atoms with Crippen LogP contribution in [0.3, 0.4) is 0 Å². The van der Waals surface area contributed by atoms with E-state index >= 15 is 0 Å². The highest BCUT2D eigenvalue weighted by Gasteiger charge is 2.47. The second-order valence-electron chi connectivity index (χ2n) is 8.37. The van der Waals surface area contributed by atoms with Crippen LogP contribution in [0.5, 0.6) is 11.5 Å². The number of aliphatic hydroxyl groups excluding tert-OH is 1. The summed E-state index contributed by atoms with van der Waals surface area (Å²) in [6.07, 6.45) is 0.